The van der Waals surface area contributed by atoms with Gasteiger partial charge in [0.25, 0.3) is 0 Å². The average molecular weight is 395 g/mol. The van der Waals surface area contributed by atoms with Crippen molar-refractivity contribution in [2.24, 2.45) is 29.1 Å². The number of hydrogen-bond acceptors (Lipinski definition) is 2. The second-order valence-electron chi connectivity index (χ2n) is 8.48. The molecule has 1 heterocycles. The lowest BCUT2D eigenvalue weighted by atomic mass is 9.61. The van der Waals surface area contributed by atoms with Gasteiger partial charge < -0.3 is 4.74 Å². The number of cyclic esters (lactones) is 1. The van der Waals surface area contributed by atoms with Crippen LogP contribution in [0.5, 0.6) is 0 Å². The maximum atomic E-state index is 11.9. The van der Waals surface area contributed by atoms with Crippen LogP contribution in [0, 0.1) is 29.1 Å². The molecule has 0 N–H and O–H groups in total. The number of fused-ring (bicyclic) bond motifs is 1. The molecular formula is C21H31BrO2. The summed E-state index contributed by atoms with van der Waals surface area (Å²) >= 11 is 3.60. The van der Waals surface area contributed by atoms with Crippen LogP contribution in [0.25, 0.3) is 0 Å². The Hall–Kier alpha value is -0.570. The van der Waals surface area contributed by atoms with E-state index in [-0.39, 0.29) is 18.0 Å². The highest BCUT2D eigenvalue weighted by Gasteiger charge is 2.51. The first-order valence-electron chi connectivity index (χ1n) is 9.61. The van der Waals surface area contributed by atoms with Gasteiger partial charge in [-0.2, -0.15) is 0 Å². The predicted octanol–water partition coefficient (Wildman–Crippen LogP) is 6.02. The van der Waals surface area contributed by atoms with E-state index in [1.54, 1.807) is 5.57 Å². The normalized spacial score (nSPS) is 42.2. The van der Waals surface area contributed by atoms with Crippen LogP contribution < -0.4 is 0 Å². The summed E-state index contributed by atoms with van der Waals surface area (Å²) in [5.74, 6) is 2.11. The summed E-state index contributed by atoms with van der Waals surface area (Å²) in [7, 11) is 0. The van der Waals surface area contributed by atoms with E-state index in [2.05, 4.69) is 48.3 Å². The lowest BCUT2D eigenvalue weighted by Crippen LogP contribution is -2.37. The van der Waals surface area contributed by atoms with Crippen molar-refractivity contribution >= 4 is 21.9 Å². The van der Waals surface area contributed by atoms with Crippen LogP contribution in [0.2, 0.25) is 0 Å². The van der Waals surface area contributed by atoms with E-state index in [0.717, 1.165) is 24.7 Å². The van der Waals surface area contributed by atoms with Gasteiger partial charge in [-0.3, -0.25) is 0 Å². The van der Waals surface area contributed by atoms with Crippen LogP contribution >= 0.6 is 15.9 Å². The summed E-state index contributed by atoms with van der Waals surface area (Å²) < 4.78 is 5.66. The zero-order valence-electron chi connectivity index (χ0n) is 15.3. The predicted molar refractivity (Wildman–Crippen MR) is 102 cm³/mol. The number of hydrogen-bond donors (Lipinski definition) is 0. The Morgan fingerprint density at radius 2 is 2.21 bits per heavy atom. The molecule has 2 nitrogen and oxygen atoms in total. The van der Waals surface area contributed by atoms with Crippen molar-refractivity contribution in [3.8, 4) is 0 Å². The third kappa shape index (κ3) is 2.91. The fourth-order valence-corrected chi connectivity index (χ4v) is 6.62. The van der Waals surface area contributed by atoms with E-state index >= 15 is 0 Å². The minimum Gasteiger partial charge on any atom is -0.458 e. The minimum absolute atomic E-state index is 0.0439. The first-order chi connectivity index (χ1) is 11.4. The summed E-state index contributed by atoms with van der Waals surface area (Å²) in [5.41, 5.74) is 2.72. The van der Waals surface area contributed by atoms with E-state index in [4.69, 9.17) is 4.74 Å². The Morgan fingerprint density at radius 1 is 1.46 bits per heavy atom. The molecule has 134 valence electrons. The van der Waals surface area contributed by atoms with Crippen LogP contribution in [-0.2, 0) is 9.53 Å². The van der Waals surface area contributed by atoms with Crippen LogP contribution in [0.1, 0.15) is 65.7 Å². The van der Waals surface area contributed by atoms with Gasteiger partial charge in [0, 0.05) is 11.5 Å². The molecule has 1 aliphatic heterocycles. The lowest BCUT2D eigenvalue weighted by Gasteiger charge is -2.44. The quantitative estimate of drug-likeness (QED) is 0.430. The molecule has 0 aromatic heterocycles. The second-order valence-corrected chi connectivity index (χ2v) is 8.93. The van der Waals surface area contributed by atoms with Crippen molar-refractivity contribution in [2.75, 3.05) is 0 Å². The number of esters is 1. The molecule has 0 radical (unpaired) electrons. The van der Waals surface area contributed by atoms with Gasteiger partial charge in [0.05, 0.1) is 0 Å². The molecule has 0 unspecified atom stereocenters. The topological polar surface area (TPSA) is 26.3 Å². The smallest absolute Gasteiger partial charge is 0.334 e. The molecule has 0 aromatic rings. The molecule has 2 aliphatic carbocycles. The minimum atomic E-state index is -0.170. The van der Waals surface area contributed by atoms with Gasteiger partial charge in [-0.15, -0.1) is 0 Å². The van der Waals surface area contributed by atoms with E-state index in [1.165, 1.54) is 32.1 Å². The Bertz CT molecular complexity index is 552. The fraction of sp³-hybridized carbons (Fsp3) is 0.762. The number of ether oxygens (including phenoxy) is 1. The highest BCUT2D eigenvalue weighted by molar-refractivity contribution is 9.11. The van der Waals surface area contributed by atoms with Crippen molar-refractivity contribution in [3.63, 3.8) is 0 Å². The Labute approximate surface area is 155 Å². The van der Waals surface area contributed by atoms with Gasteiger partial charge in [-0.1, -0.05) is 48.9 Å². The van der Waals surface area contributed by atoms with Crippen LogP contribution in [0.15, 0.2) is 22.7 Å². The van der Waals surface area contributed by atoms with Gasteiger partial charge >= 0.3 is 5.97 Å². The van der Waals surface area contributed by atoms with Gasteiger partial charge in [0.2, 0.25) is 0 Å². The lowest BCUT2D eigenvalue weighted by molar-refractivity contribution is -0.140. The summed E-state index contributed by atoms with van der Waals surface area (Å²) in [6.07, 6.45) is 8.51. The average Bonchev–Trinajstić information content (AvgIpc) is 3.04. The van der Waals surface area contributed by atoms with Crippen molar-refractivity contribution < 1.29 is 9.53 Å². The molecular weight excluding hydrogens is 364 g/mol. The number of carbonyl (C=O) groups excluding carboxylic acids is 1. The molecule has 3 heteroatoms. The van der Waals surface area contributed by atoms with Crippen LogP contribution in [-0.4, -0.2) is 12.1 Å². The van der Waals surface area contributed by atoms with Crippen LogP contribution in [0.3, 0.4) is 0 Å². The van der Waals surface area contributed by atoms with Crippen molar-refractivity contribution in [3.05, 3.63) is 22.7 Å². The third-order valence-electron chi connectivity index (χ3n) is 7.33. The zero-order valence-corrected chi connectivity index (χ0v) is 16.9. The first-order valence-corrected chi connectivity index (χ1v) is 10.5. The van der Waals surface area contributed by atoms with Crippen molar-refractivity contribution in [1.29, 1.82) is 0 Å². The Morgan fingerprint density at radius 3 is 2.88 bits per heavy atom. The maximum absolute atomic E-state index is 11.9. The van der Waals surface area contributed by atoms with E-state index < -0.39 is 0 Å². The summed E-state index contributed by atoms with van der Waals surface area (Å²) in [5, 5.41) is 0. The molecule has 2 saturated carbocycles. The van der Waals surface area contributed by atoms with E-state index in [9.17, 15) is 4.79 Å². The van der Waals surface area contributed by atoms with Gasteiger partial charge in [-0.05, 0) is 73.1 Å². The molecule has 3 fully saturated rings. The van der Waals surface area contributed by atoms with E-state index in [1.807, 2.05) is 0 Å². The summed E-state index contributed by atoms with van der Waals surface area (Å²) in [6, 6.07) is 0. The zero-order chi connectivity index (χ0) is 17.5. The van der Waals surface area contributed by atoms with Gasteiger partial charge in [-0.25, -0.2) is 4.79 Å². The number of allylic oxidation sites excluding steroid dienone is 1. The number of halogens is 1. The molecule has 24 heavy (non-hydrogen) atoms. The molecule has 0 spiro atoms. The largest absolute Gasteiger partial charge is 0.458 e. The highest BCUT2D eigenvalue weighted by atomic mass is 79.9. The molecule has 0 amide bonds. The summed E-state index contributed by atoms with van der Waals surface area (Å²) in [6.45, 7) is 11.0. The van der Waals surface area contributed by atoms with Crippen molar-refractivity contribution in [2.45, 2.75) is 71.8 Å². The first kappa shape index (κ1) is 18.2. The molecule has 6 atom stereocenters. The summed E-state index contributed by atoms with van der Waals surface area (Å²) in [4.78, 5) is 14.1. The van der Waals surface area contributed by atoms with Gasteiger partial charge in [0.15, 0.2) is 0 Å². The maximum Gasteiger partial charge on any atom is 0.334 e. The molecule has 3 aliphatic rings. The molecule has 3 rings (SSSR count). The Kier molecular flexibility index (Phi) is 5.30. The molecule has 1 saturated heterocycles. The third-order valence-corrected chi connectivity index (χ3v) is 7.91. The monoisotopic (exact) mass is 394 g/mol. The Balaban J connectivity index is 1.73. The number of rotatable bonds is 4. The highest BCUT2D eigenvalue weighted by Crippen LogP contribution is 2.60. The van der Waals surface area contributed by atoms with E-state index in [0.29, 0.717) is 16.9 Å². The number of carbonyl (C=O) groups is 1. The second kappa shape index (κ2) is 6.97. The fourth-order valence-electron chi connectivity index (χ4n) is 6.07. The van der Waals surface area contributed by atoms with Gasteiger partial charge in [0.1, 0.15) is 6.10 Å². The molecule has 0 aromatic carbocycles. The standard InChI is InChI=1S/C21H31BrO2/c1-5-16-14(3)20(23)24-19(16)11-13(2)17-8-9-18-15(12-22)7-6-10-21(17,18)4/h12-13,16-19H,3,5-11H2,1-2,4H3/t13-,16+,17-,18+,19+,21-/m1/s1. The SMILES string of the molecule is C=C1C(=O)O[C@@H](C[C@@H](C)[C@H]2CC[C@H]3C(=CBr)CCC[C@]23C)[C@H]1CC. The molecule has 0 bridgehead atoms. The van der Waals surface area contributed by atoms with Crippen LogP contribution in [0.4, 0.5) is 0 Å². The van der Waals surface area contributed by atoms with Crippen molar-refractivity contribution in [1.82, 2.24) is 0 Å².